The second-order valence-corrected chi connectivity index (χ2v) is 5.00. The Hall–Kier alpha value is -1.66. The van der Waals surface area contributed by atoms with Crippen molar-refractivity contribution in [2.75, 3.05) is 7.11 Å². The molecule has 0 radical (unpaired) electrons. The summed E-state index contributed by atoms with van der Waals surface area (Å²) in [5.74, 6) is -2.45. The summed E-state index contributed by atoms with van der Waals surface area (Å²) in [4.78, 5) is 23.0. The van der Waals surface area contributed by atoms with Crippen molar-refractivity contribution >= 4 is 23.5 Å². The number of aliphatic carboxylic acids is 1. The van der Waals surface area contributed by atoms with Crippen molar-refractivity contribution < 1.29 is 23.8 Å². The van der Waals surface area contributed by atoms with Gasteiger partial charge in [0.1, 0.15) is 5.82 Å². The summed E-state index contributed by atoms with van der Waals surface area (Å²) in [6, 6.07) is 2.30. The van der Waals surface area contributed by atoms with Crippen molar-refractivity contribution in [2.24, 2.45) is 0 Å². The van der Waals surface area contributed by atoms with E-state index in [1.165, 1.54) is 19.2 Å². The third-order valence-corrected chi connectivity index (χ3v) is 3.32. The van der Waals surface area contributed by atoms with Crippen molar-refractivity contribution in [1.29, 1.82) is 0 Å². The van der Waals surface area contributed by atoms with E-state index in [1.807, 2.05) is 0 Å². The SMILES string of the molecule is COC(C)CCC(=O)NC(C(=O)O)c1ccc(Cl)c(F)c1. The minimum atomic E-state index is -1.32. The minimum absolute atomic E-state index is 0.105. The highest BCUT2D eigenvalue weighted by molar-refractivity contribution is 6.30. The molecule has 2 atom stereocenters. The van der Waals surface area contributed by atoms with Gasteiger partial charge < -0.3 is 15.2 Å². The quantitative estimate of drug-likeness (QED) is 0.810. The van der Waals surface area contributed by atoms with E-state index in [4.69, 9.17) is 21.4 Å². The van der Waals surface area contributed by atoms with Crippen LogP contribution in [-0.4, -0.2) is 30.2 Å². The van der Waals surface area contributed by atoms with Crippen molar-refractivity contribution in [2.45, 2.75) is 31.9 Å². The number of benzene rings is 1. The molecule has 1 rings (SSSR count). The molecule has 0 aromatic heterocycles. The highest BCUT2D eigenvalue weighted by Gasteiger charge is 2.23. The van der Waals surface area contributed by atoms with Gasteiger partial charge >= 0.3 is 5.97 Å². The van der Waals surface area contributed by atoms with Crippen LogP contribution in [0.2, 0.25) is 5.02 Å². The summed E-state index contributed by atoms with van der Waals surface area (Å²) < 4.78 is 18.4. The molecule has 0 saturated carbocycles. The van der Waals surface area contributed by atoms with Crippen LogP contribution in [0.5, 0.6) is 0 Å². The first-order valence-corrected chi connectivity index (χ1v) is 6.72. The second-order valence-electron chi connectivity index (χ2n) is 4.60. The van der Waals surface area contributed by atoms with Gasteiger partial charge in [0.25, 0.3) is 0 Å². The van der Waals surface area contributed by atoms with Crippen molar-refractivity contribution in [3.05, 3.63) is 34.6 Å². The molecule has 0 aliphatic heterocycles. The van der Waals surface area contributed by atoms with E-state index >= 15 is 0 Å². The van der Waals surface area contributed by atoms with Gasteiger partial charge in [0, 0.05) is 13.5 Å². The summed E-state index contributed by atoms with van der Waals surface area (Å²) in [5, 5.41) is 11.4. The molecule has 0 fully saturated rings. The first kappa shape index (κ1) is 17.4. The number of hydrogen-bond acceptors (Lipinski definition) is 3. The van der Waals surface area contributed by atoms with Crippen LogP contribution in [0.15, 0.2) is 18.2 Å². The first-order chi connectivity index (χ1) is 9.85. The van der Waals surface area contributed by atoms with E-state index in [9.17, 15) is 14.0 Å². The molecule has 116 valence electrons. The zero-order valence-corrected chi connectivity index (χ0v) is 12.5. The molecule has 2 N–H and O–H groups in total. The number of carbonyl (C=O) groups excluding carboxylic acids is 1. The van der Waals surface area contributed by atoms with E-state index < -0.39 is 23.7 Å². The number of rotatable bonds is 7. The molecule has 1 amide bonds. The largest absolute Gasteiger partial charge is 0.479 e. The van der Waals surface area contributed by atoms with Crippen LogP contribution in [-0.2, 0) is 14.3 Å². The van der Waals surface area contributed by atoms with E-state index in [2.05, 4.69) is 5.32 Å². The number of hydrogen-bond donors (Lipinski definition) is 2. The molecular formula is C14H17ClFNO4. The lowest BCUT2D eigenvalue weighted by molar-refractivity contribution is -0.142. The fourth-order valence-corrected chi connectivity index (χ4v) is 1.78. The summed E-state index contributed by atoms with van der Waals surface area (Å²) in [6.07, 6.45) is 0.477. The lowest BCUT2D eigenvalue weighted by atomic mass is 10.1. The molecule has 0 aliphatic carbocycles. The molecule has 5 nitrogen and oxygen atoms in total. The predicted octanol–water partition coefficient (Wildman–Crippen LogP) is 2.54. The van der Waals surface area contributed by atoms with Crippen molar-refractivity contribution in [1.82, 2.24) is 5.32 Å². The Kier molecular flexibility index (Phi) is 6.58. The van der Waals surface area contributed by atoms with Crippen LogP contribution < -0.4 is 5.32 Å². The van der Waals surface area contributed by atoms with E-state index in [-0.39, 0.29) is 23.1 Å². The maximum atomic E-state index is 13.4. The normalized spacial score (nSPS) is 13.5. The highest BCUT2D eigenvalue weighted by Crippen LogP contribution is 2.21. The molecule has 0 saturated heterocycles. The number of nitrogens with one attached hydrogen (secondary N) is 1. The zero-order valence-electron chi connectivity index (χ0n) is 11.7. The third kappa shape index (κ3) is 5.32. The van der Waals surface area contributed by atoms with Gasteiger partial charge in [-0.05, 0) is 31.0 Å². The van der Waals surface area contributed by atoms with Crippen LogP contribution in [0.1, 0.15) is 31.4 Å². The van der Waals surface area contributed by atoms with Gasteiger partial charge in [-0.25, -0.2) is 9.18 Å². The van der Waals surface area contributed by atoms with E-state index in [0.717, 1.165) is 6.07 Å². The van der Waals surface area contributed by atoms with Crippen LogP contribution in [0.4, 0.5) is 4.39 Å². The number of carboxylic acids is 1. The first-order valence-electron chi connectivity index (χ1n) is 6.35. The Morgan fingerprint density at radius 1 is 1.48 bits per heavy atom. The molecule has 2 unspecified atom stereocenters. The molecule has 0 bridgehead atoms. The highest BCUT2D eigenvalue weighted by atomic mass is 35.5. The molecule has 0 spiro atoms. The van der Waals surface area contributed by atoms with Gasteiger partial charge in [-0.15, -0.1) is 0 Å². The minimum Gasteiger partial charge on any atom is -0.479 e. The lowest BCUT2D eigenvalue weighted by Gasteiger charge is -2.16. The van der Waals surface area contributed by atoms with E-state index in [0.29, 0.717) is 6.42 Å². The van der Waals surface area contributed by atoms with Gasteiger partial charge in [-0.2, -0.15) is 0 Å². The van der Waals surface area contributed by atoms with Crippen LogP contribution >= 0.6 is 11.6 Å². The van der Waals surface area contributed by atoms with Crippen LogP contribution in [0, 0.1) is 5.82 Å². The number of carbonyl (C=O) groups is 2. The average Bonchev–Trinajstić information content (AvgIpc) is 2.44. The Bertz CT molecular complexity index is 524. The molecule has 1 aromatic carbocycles. The summed E-state index contributed by atoms with van der Waals surface area (Å²) in [5.41, 5.74) is 0.123. The number of halogens is 2. The number of amides is 1. The standard InChI is InChI=1S/C14H17ClFNO4/c1-8(21-2)3-6-12(18)17-13(14(19)20)9-4-5-10(15)11(16)7-9/h4-5,7-8,13H,3,6H2,1-2H3,(H,17,18)(H,19,20). The number of carboxylic acid groups (broad SMARTS) is 1. The smallest absolute Gasteiger partial charge is 0.330 e. The maximum Gasteiger partial charge on any atom is 0.330 e. The van der Waals surface area contributed by atoms with Crippen molar-refractivity contribution in [3.63, 3.8) is 0 Å². The zero-order chi connectivity index (χ0) is 16.0. The van der Waals surface area contributed by atoms with Crippen molar-refractivity contribution in [3.8, 4) is 0 Å². The fourth-order valence-electron chi connectivity index (χ4n) is 1.66. The molecule has 1 aromatic rings. The molecule has 0 aliphatic rings. The Morgan fingerprint density at radius 2 is 2.14 bits per heavy atom. The van der Waals surface area contributed by atoms with E-state index in [1.54, 1.807) is 6.92 Å². The lowest BCUT2D eigenvalue weighted by Crippen LogP contribution is -2.34. The summed E-state index contributed by atoms with van der Waals surface area (Å²) >= 11 is 5.55. The van der Waals surface area contributed by atoms with Gasteiger partial charge in [0.15, 0.2) is 6.04 Å². The monoisotopic (exact) mass is 317 g/mol. The Morgan fingerprint density at radius 3 is 2.67 bits per heavy atom. The molecule has 7 heteroatoms. The maximum absolute atomic E-state index is 13.4. The van der Waals surface area contributed by atoms with Crippen LogP contribution in [0.25, 0.3) is 0 Å². The Balaban J connectivity index is 2.76. The molecule has 0 heterocycles. The Labute approximate surface area is 127 Å². The molecule has 21 heavy (non-hydrogen) atoms. The van der Waals surface area contributed by atoms with Gasteiger partial charge in [0.05, 0.1) is 11.1 Å². The third-order valence-electron chi connectivity index (χ3n) is 3.01. The molecular weight excluding hydrogens is 301 g/mol. The number of methoxy groups -OCH3 is 1. The van der Waals surface area contributed by atoms with Crippen LogP contribution in [0.3, 0.4) is 0 Å². The van der Waals surface area contributed by atoms with Gasteiger partial charge in [0.2, 0.25) is 5.91 Å². The fraction of sp³-hybridized carbons (Fsp3) is 0.429. The summed E-state index contributed by atoms with van der Waals surface area (Å²) in [7, 11) is 1.53. The predicted molar refractivity (Wildman–Crippen MR) is 75.6 cm³/mol. The average molecular weight is 318 g/mol. The van der Waals surface area contributed by atoms with Gasteiger partial charge in [-0.1, -0.05) is 17.7 Å². The second kappa shape index (κ2) is 7.95. The summed E-state index contributed by atoms with van der Waals surface area (Å²) in [6.45, 7) is 1.80. The topological polar surface area (TPSA) is 75.6 Å². The van der Waals surface area contributed by atoms with Gasteiger partial charge in [-0.3, -0.25) is 4.79 Å². The number of ether oxygens (including phenoxy) is 1.